The molecular formula is C18H18F3N5O. The van der Waals surface area contributed by atoms with E-state index in [1.165, 1.54) is 19.1 Å². The maximum Gasteiger partial charge on any atom is 0.416 e. The number of rotatable bonds is 3. The van der Waals surface area contributed by atoms with Gasteiger partial charge in [0.15, 0.2) is 0 Å². The number of hydrogen-bond donors (Lipinski definition) is 2. The Morgan fingerprint density at radius 3 is 2.48 bits per heavy atom. The maximum absolute atomic E-state index is 13.0. The van der Waals surface area contributed by atoms with Gasteiger partial charge in [0.25, 0.3) is 5.91 Å². The molecule has 0 saturated heterocycles. The molecule has 3 rings (SSSR count). The summed E-state index contributed by atoms with van der Waals surface area (Å²) in [4.78, 5) is 12.4. The van der Waals surface area contributed by atoms with E-state index in [4.69, 9.17) is 0 Å². The summed E-state index contributed by atoms with van der Waals surface area (Å²) in [6.45, 7) is 5.09. The molecule has 0 fully saturated rings. The number of nitrogens with one attached hydrogen (secondary N) is 2. The number of amides is 1. The number of hydrogen-bond acceptors (Lipinski definition) is 3. The number of halogens is 3. The van der Waals surface area contributed by atoms with Crippen LogP contribution in [-0.2, 0) is 13.2 Å². The molecule has 9 heteroatoms. The Hall–Kier alpha value is -3.10. The molecule has 0 spiro atoms. The number of benzene rings is 1. The maximum atomic E-state index is 13.0. The van der Waals surface area contributed by atoms with E-state index < -0.39 is 17.6 Å². The largest absolute Gasteiger partial charge is 0.416 e. The van der Waals surface area contributed by atoms with E-state index in [0.29, 0.717) is 5.69 Å². The lowest BCUT2D eigenvalue weighted by molar-refractivity contribution is -0.138. The number of aromatic amines is 1. The minimum absolute atomic E-state index is 0.0582. The van der Waals surface area contributed by atoms with Crippen LogP contribution in [0.25, 0.3) is 11.3 Å². The monoisotopic (exact) mass is 377 g/mol. The molecule has 142 valence electrons. The van der Waals surface area contributed by atoms with Gasteiger partial charge in [-0.05, 0) is 44.5 Å². The molecule has 0 aliphatic carbocycles. The number of carbonyl (C=O) groups excluding carboxylic acids is 1. The van der Waals surface area contributed by atoms with Crippen LogP contribution in [0.1, 0.15) is 33.0 Å². The zero-order chi connectivity index (χ0) is 19.9. The summed E-state index contributed by atoms with van der Waals surface area (Å²) in [6.07, 6.45) is -4.48. The highest BCUT2D eigenvalue weighted by Crippen LogP contribution is 2.33. The van der Waals surface area contributed by atoms with Gasteiger partial charge < -0.3 is 5.32 Å². The molecule has 1 amide bonds. The number of alkyl halides is 3. The highest BCUT2D eigenvalue weighted by Gasteiger charge is 2.32. The van der Waals surface area contributed by atoms with Gasteiger partial charge in [0.05, 0.1) is 17.0 Å². The summed E-state index contributed by atoms with van der Waals surface area (Å²) in [5, 5.41) is 13.5. The fourth-order valence-corrected chi connectivity index (χ4v) is 2.91. The van der Waals surface area contributed by atoms with Gasteiger partial charge in [-0.2, -0.15) is 23.4 Å². The van der Waals surface area contributed by atoms with Gasteiger partial charge in [0.2, 0.25) is 0 Å². The molecule has 1 aromatic carbocycles. The Kier molecular flexibility index (Phi) is 4.54. The van der Waals surface area contributed by atoms with E-state index in [-0.39, 0.29) is 16.9 Å². The molecule has 0 radical (unpaired) electrons. The zero-order valence-corrected chi connectivity index (χ0v) is 15.2. The molecule has 0 atom stereocenters. The second-order valence-corrected chi connectivity index (χ2v) is 6.32. The smallest absolute Gasteiger partial charge is 0.321 e. The second kappa shape index (κ2) is 6.57. The average Bonchev–Trinajstić information content (AvgIpc) is 3.13. The molecule has 27 heavy (non-hydrogen) atoms. The molecule has 0 saturated carbocycles. The third kappa shape index (κ3) is 3.57. The molecule has 0 aliphatic heterocycles. The van der Waals surface area contributed by atoms with Crippen LogP contribution in [0.15, 0.2) is 24.3 Å². The molecular weight excluding hydrogens is 359 g/mol. The second-order valence-electron chi connectivity index (χ2n) is 6.32. The highest BCUT2D eigenvalue weighted by atomic mass is 19.4. The quantitative estimate of drug-likeness (QED) is 0.724. The van der Waals surface area contributed by atoms with Gasteiger partial charge >= 0.3 is 6.18 Å². The third-order valence-electron chi connectivity index (χ3n) is 4.39. The first-order valence-corrected chi connectivity index (χ1v) is 8.13. The molecule has 3 aromatic rings. The molecule has 0 aliphatic rings. The lowest BCUT2D eigenvalue weighted by Gasteiger charge is -2.12. The Balaban J connectivity index is 1.85. The Bertz CT molecular complexity index is 1020. The number of H-pyrrole nitrogens is 1. The Labute approximate surface area is 153 Å². The highest BCUT2D eigenvalue weighted by molar-refractivity contribution is 6.03. The average molecular weight is 377 g/mol. The number of carbonyl (C=O) groups is 1. The van der Waals surface area contributed by atoms with Crippen LogP contribution in [0.3, 0.4) is 0 Å². The van der Waals surface area contributed by atoms with Gasteiger partial charge in [0.1, 0.15) is 5.69 Å². The van der Waals surface area contributed by atoms with Crippen LogP contribution < -0.4 is 5.32 Å². The topological polar surface area (TPSA) is 75.6 Å². The first kappa shape index (κ1) is 18.7. The minimum atomic E-state index is -4.48. The van der Waals surface area contributed by atoms with E-state index in [0.717, 1.165) is 23.0 Å². The lowest BCUT2D eigenvalue weighted by atomic mass is 10.1. The zero-order valence-electron chi connectivity index (χ0n) is 15.2. The van der Waals surface area contributed by atoms with Crippen molar-refractivity contribution in [3.05, 3.63) is 52.5 Å². The summed E-state index contributed by atoms with van der Waals surface area (Å²) in [5.41, 5.74) is 2.51. The van der Waals surface area contributed by atoms with Crippen molar-refractivity contribution in [3.8, 4) is 11.3 Å². The van der Waals surface area contributed by atoms with Crippen LogP contribution in [0.5, 0.6) is 0 Å². The molecule has 2 N–H and O–H groups in total. The number of nitrogens with zero attached hydrogens (tertiary/aromatic N) is 3. The van der Waals surface area contributed by atoms with E-state index in [1.807, 2.05) is 20.9 Å². The van der Waals surface area contributed by atoms with Crippen molar-refractivity contribution in [2.24, 2.45) is 7.05 Å². The standard InChI is InChI=1S/C18H18F3N5O/c1-9-5-6-12(7-13(9)18(19,20)21)22-17(27)15-8-14(23-24-15)16-10(2)25-26(4)11(16)3/h5-8H,1-4H3,(H,22,27)(H,23,24). The number of aryl methyl sites for hydroxylation is 3. The van der Waals surface area contributed by atoms with Gasteiger partial charge in [0, 0.05) is 24.0 Å². The summed E-state index contributed by atoms with van der Waals surface area (Å²) < 4.78 is 40.8. The summed E-state index contributed by atoms with van der Waals surface area (Å²) in [6, 6.07) is 5.21. The van der Waals surface area contributed by atoms with Crippen LogP contribution in [0.4, 0.5) is 18.9 Å². The van der Waals surface area contributed by atoms with Crippen molar-refractivity contribution >= 4 is 11.6 Å². The van der Waals surface area contributed by atoms with Crippen molar-refractivity contribution < 1.29 is 18.0 Å². The predicted octanol–water partition coefficient (Wildman–Crippen LogP) is 4.01. The Morgan fingerprint density at radius 1 is 1.19 bits per heavy atom. The van der Waals surface area contributed by atoms with Crippen molar-refractivity contribution in [3.63, 3.8) is 0 Å². The fraction of sp³-hybridized carbons (Fsp3) is 0.278. The van der Waals surface area contributed by atoms with E-state index in [9.17, 15) is 18.0 Å². The van der Waals surface area contributed by atoms with E-state index in [2.05, 4.69) is 20.6 Å². The lowest BCUT2D eigenvalue weighted by Crippen LogP contribution is -2.14. The first-order valence-electron chi connectivity index (χ1n) is 8.13. The van der Waals surface area contributed by atoms with Gasteiger partial charge in [-0.1, -0.05) is 6.07 Å². The third-order valence-corrected chi connectivity index (χ3v) is 4.39. The molecule has 0 bridgehead atoms. The van der Waals surface area contributed by atoms with Crippen molar-refractivity contribution in [1.82, 2.24) is 20.0 Å². The molecule has 0 unspecified atom stereocenters. The van der Waals surface area contributed by atoms with Crippen LogP contribution in [-0.4, -0.2) is 25.9 Å². The molecule has 6 nitrogen and oxygen atoms in total. The van der Waals surface area contributed by atoms with Crippen molar-refractivity contribution in [2.45, 2.75) is 26.9 Å². The van der Waals surface area contributed by atoms with Crippen LogP contribution in [0, 0.1) is 20.8 Å². The predicted molar refractivity (Wildman–Crippen MR) is 94.4 cm³/mol. The van der Waals surface area contributed by atoms with E-state index in [1.54, 1.807) is 10.7 Å². The van der Waals surface area contributed by atoms with Crippen molar-refractivity contribution in [1.29, 1.82) is 0 Å². The van der Waals surface area contributed by atoms with Crippen molar-refractivity contribution in [2.75, 3.05) is 5.32 Å². The normalized spacial score (nSPS) is 11.7. The Morgan fingerprint density at radius 2 is 1.89 bits per heavy atom. The molecule has 2 heterocycles. The number of aromatic nitrogens is 4. The van der Waals surface area contributed by atoms with E-state index >= 15 is 0 Å². The van der Waals surface area contributed by atoms with Gasteiger partial charge in [-0.3, -0.25) is 14.6 Å². The summed E-state index contributed by atoms with van der Waals surface area (Å²) in [7, 11) is 1.81. The van der Waals surface area contributed by atoms with Crippen LogP contribution >= 0.6 is 0 Å². The molecule has 2 aromatic heterocycles. The minimum Gasteiger partial charge on any atom is -0.321 e. The summed E-state index contributed by atoms with van der Waals surface area (Å²) >= 11 is 0. The SMILES string of the molecule is Cc1ccc(NC(=O)c2cc(-c3c(C)nn(C)c3C)n[nH]2)cc1C(F)(F)F. The summed E-state index contributed by atoms with van der Waals surface area (Å²) in [5.74, 6) is -0.579. The van der Waals surface area contributed by atoms with Gasteiger partial charge in [-0.15, -0.1) is 0 Å². The number of anilines is 1. The van der Waals surface area contributed by atoms with Gasteiger partial charge in [-0.25, -0.2) is 0 Å². The fourth-order valence-electron chi connectivity index (χ4n) is 2.91. The first-order chi connectivity index (χ1) is 12.6. The van der Waals surface area contributed by atoms with Crippen LogP contribution in [0.2, 0.25) is 0 Å².